The Morgan fingerprint density at radius 1 is 1.21 bits per heavy atom. The number of nitrogens with zero attached hydrogens (tertiary/aromatic N) is 3. The molecule has 0 aromatic heterocycles. The van der Waals surface area contributed by atoms with Gasteiger partial charge < -0.3 is 4.90 Å². The predicted molar refractivity (Wildman–Crippen MR) is 75.8 cm³/mol. The third-order valence-corrected chi connectivity index (χ3v) is 5.16. The van der Waals surface area contributed by atoms with Crippen LogP contribution in [0.15, 0.2) is 18.2 Å². The van der Waals surface area contributed by atoms with E-state index in [0.717, 1.165) is 30.2 Å². The van der Waals surface area contributed by atoms with Gasteiger partial charge in [0, 0.05) is 6.04 Å². The van der Waals surface area contributed by atoms with Crippen LogP contribution in [0.25, 0.3) is 0 Å². The Morgan fingerprint density at radius 2 is 1.96 bits per heavy atom. The zero-order valence-corrected chi connectivity index (χ0v) is 12.4. The number of alkyl halides is 3. The molecule has 24 heavy (non-hydrogen) atoms. The van der Waals surface area contributed by atoms with Gasteiger partial charge in [0.25, 0.3) is 5.91 Å². The number of imide groups is 1. The van der Waals surface area contributed by atoms with Gasteiger partial charge in [-0.1, -0.05) is 0 Å². The van der Waals surface area contributed by atoms with Crippen LogP contribution < -0.4 is 4.90 Å². The lowest BCUT2D eigenvalue weighted by molar-refractivity contribution is -0.137. The summed E-state index contributed by atoms with van der Waals surface area (Å²) in [5.41, 5.74) is -1.81. The number of nitriles is 1. The SMILES string of the molecule is N#Cc1ccc(N2C(=O)C3[C@H]4CC[C@@H](C4)N3C2=O)cc1C(F)(F)F. The van der Waals surface area contributed by atoms with Gasteiger partial charge in [-0.25, -0.2) is 9.69 Å². The smallest absolute Gasteiger partial charge is 0.309 e. The molecule has 1 unspecified atom stereocenters. The molecule has 5 nitrogen and oxygen atoms in total. The number of amides is 3. The van der Waals surface area contributed by atoms with Crippen LogP contribution in [-0.4, -0.2) is 28.9 Å². The molecule has 1 aromatic rings. The van der Waals surface area contributed by atoms with E-state index in [0.29, 0.717) is 6.07 Å². The molecule has 0 radical (unpaired) electrons. The Morgan fingerprint density at radius 3 is 2.58 bits per heavy atom. The molecule has 2 aliphatic heterocycles. The molecular formula is C16H12F3N3O2. The molecule has 4 rings (SSSR count). The van der Waals surface area contributed by atoms with E-state index >= 15 is 0 Å². The van der Waals surface area contributed by atoms with Gasteiger partial charge in [0.2, 0.25) is 0 Å². The van der Waals surface area contributed by atoms with Crippen molar-refractivity contribution in [1.29, 1.82) is 5.26 Å². The van der Waals surface area contributed by atoms with Gasteiger partial charge in [-0.05, 0) is 43.4 Å². The quantitative estimate of drug-likeness (QED) is 0.741. The number of rotatable bonds is 1. The molecule has 2 heterocycles. The lowest BCUT2D eigenvalue weighted by Gasteiger charge is -2.25. The average Bonchev–Trinajstić information content (AvgIpc) is 3.20. The number of fused-ring (bicyclic) bond motifs is 5. The number of hydrogen-bond acceptors (Lipinski definition) is 3. The van der Waals surface area contributed by atoms with E-state index in [1.165, 1.54) is 17.0 Å². The maximum Gasteiger partial charge on any atom is 0.417 e. The van der Waals surface area contributed by atoms with Gasteiger partial charge in [0.15, 0.2) is 0 Å². The molecule has 3 aliphatic rings. The molecular weight excluding hydrogens is 323 g/mol. The summed E-state index contributed by atoms with van der Waals surface area (Å²) in [4.78, 5) is 27.5. The molecule has 2 bridgehead atoms. The largest absolute Gasteiger partial charge is 0.417 e. The Kier molecular flexibility index (Phi) is 2.95. The minimum Gasteiger partial charge on any atom is -0.309 e. The second kappa shape index (κ2) is 4.72. The molecule has 3 atom stereocenters. The van der Waals surface area contributed by atoms with Crippen molar-refractivity contribution >= 4 is 17.6 Å². The molecule has 8 heteroatoms. The number of hydrogen-bond donors (Lipinski definition) is 0. The van der Waals surface area contributed by atoms with E-state index in [1.807, 2.05) is 0 Å². The number of urea groups is 1. The molecule has 3 amide bonds. The van der Waals surface area contributed by atoms with Crippen LogP contribution in [0.4, 0.5) is 23.7 Å². The minimum atomic E-state index is -4.73. The molecule has 3 fully saturated rings. The summed E-state index contributed by atoms with van der Waals surface area (Å²) in [5.74, 6) is -0.373. The van der Waals surface area contributed by atoms with Gasteiger partial charge in [-0.15, -0.1) is 0 Å². The maximum absolute atomic E-state index is 13.1. The highest BCUT2D eigenvalue weighted by Crippen LogP contribution is 2.47. The number of anilines is 1. The topological polar surface area (TPSA) is 64.4 Å². The zero-order valence-electron chi connectivity index (χ0n) is 12.4. The van der Waals surface area contributed by atoms with Crippen molar-refractivity contribution in [2.75, 3.05) is 4.90 Å². The van der Waals surface area contributed by atoms with E-state index in [2.05, 4.69) is 0 Å². The number of benzene rings is 1. The van der Waals surface area contributed by atoms with E-state index in [-0.39, 0.29) is 17.6 Å². The summed E-state index contributed by atoms with van der Waals surface area (Å²) in [6.07, 6.45) is -2.26. The molecule has 0 N–H and O–H groups in total. The van der Waals surface area contributed by atoms with Crippen LogP contribution in [0.2, 0.25) is 0 Å². The van der Waals surface area contributed by atoms with Crippen LogP contribution in [0.3, 0.4) is 0 Å². The normalized spacial score (nSPS) is 28.5. The Bertz CT molecular complexity index is 771. The summed E-state index contributed by atoms with van der Waals surface area (Å²) in [5, 5.41) is 8.85. The van der Waals surface area contributed by atoms with Gasteiger partial charge in [0.05, 0.1) is 22.9 Å². The van der Waals surface area contributed by atoms with E-state index < -0.39 is 35.3 Å². The average molecular weight is 335 g/mol. The van der Waals surface area contributed by atoms with Gasteiger partial charge in [-0.2, -0.15) is 18.4 Å². The fourth-order valence-corrected chi connectivity index (χ4v) is 4.16. The first-order chi connectivity index (χ1) is 11.3. The van der Waals surface area contributed by atoms with Gasteiger partial charge >= 0.3 is 12.2 Å². The van der Waals surface area contributed by atoms with Crippen molar-refractivity contribution in [1.82, 2.24) is 4.90 Å². The monoisotopic (exact) mass is 335 g/mol. The van der Waals surface area contributed by atoms with Crippen molar-refractivity contribution in [3.8, 4) is 6.07 Å². The van der Waals surface area contributed by atoms with Crippen molar-refractivity contribution in [2.45, 2.75) is 37.5 Å². The molecule has 0 spiro atoms. The van der Waals surface area contributed by atoms with Crippen LogP contribution in [0, 0.1) is 17.2 Å². The van der Waals surface area contributed by atoms with Crippen molar-refractivity contribution in [3.05, 3.63) is 29.3 Å². The first kappa shape index (κ1) is 15.0. The standard InChI is InChI=1S/C16H12F3N3O2/c17-16(18,19)12-6-11(4-2-9(12)7-20)22-14(23)13-8-1-3-10(5-8)21(13)15(22)24/h2,4,6,8,10,13H,1,3,5H2/t8-,10-,13?/m0/s1. The molecule has 1 saturated carbocycles. The summed E-state index contributed by atoms with van der Waals surface area (Å²) >= 11 is 0. The third-order valence-electron chi connectivity index (χ3n) is 5.16. The Hall–Kier alpha value is -2.56. The lowest BCUT2D eigenvalue weighted by atomic mass is 9.99. The van der Waals surface area contributed by atoms with Gasteiger partial charge in [-0.3, -0.25) is 4.79 Å². The Balaban J connectivity index is 1.76. The highest BCUT2D eigenvalue weighted by molar-refractivity contribution is 6.22. The number of carbonyl (C=O) groups excluding carboxylic acids is 2. The molecule has 2 saturated heterocycles. The molecule has 1 aromatic carbocycles. The summed E-state index contributed by atoms with van der Waals surface area (Å²) < 4.78 is 39.3. The van der Waals surface area contributed by atoms with Crippen LogP contribution in [0.1, 0.15) is 30.4 Å². The minimum absolute atomic E-state index is 0.00178. The van der Waals surface area contributed by atoms with Crippen LogP contribution in [0.5, 0.6) is 0 Å². The lowest BCUT2D eigenvalue weighted by Crippen LogP contribution is -2.40. The van der Waals surface area contributed by atoms with E-state index in [1.54, 1.807) is 0 Å². The van der Waals surface area contributed by atoms with Crippen LogP contribution >= 0.6 is 0 Å². The van der Waals surface area contributed by atoms with E-state index in [4.69, 9.17) is 5.26 Å². The van der Waals surface area contributed by atoms with Crippen molar-refractivity contribution < 1.29 is 22.8 Å². The number of halogens is 3. The first-order valence-electron chi connectivity index (χ1n) is 7.60. The highest BCUT2D eigenvalue weighted by atomic mass is 19.4. The second-order valence-corrected chi connectivity index (χ2v) is 6.37. The van der Waals surface area contributed by atoms with Crippen molar-refractivity contribution in [3.63, 3.8) is 0 Å². The van der Waals surface area contributed by atoms with Crippen molar-refractivity contribution in [2.24, 2.45) is 5.92 Å². The van der Waals surface area contributed by atoms with Gasteiger partial charge in [0.1, 0.15) is 6.04 Å². The third kappa shape index (κ3) is 1.87. The summed E-state index contributed by atoms with van der Waals surface area (Å²) in [6.45, 7) is 0. The van der Waals surface area contributed by atoms with Crippen LogP contribution in [-0.2, 0) is 11.0 Å². The first-order valence-corrected chi connectivity index (χ1v) is 7.60. The highest BCUT2D eigenvalue weighted by Gasteiger charge is 2.59. The maximum atomic E-state index is 13.1. The zero-order chi connectivity index (χ0) is 17.2. The Labute approximate surface area is 135 Å². The number of piperidine rings is 1. The molecule has 124 valence electrons. The number of carbonyl (C=O) groups is 2. The fourth-order valence-electron chi connectivity index (χ4n) is 4.16. The summed E-state index contributed by atoms with van der Waals surface area (Å²) in [6, 6.07) is 3.29. The fraction of sp³-hybridized carbons (Fsp3) is 0.438. The second-order valence-electron chi connectivity index (χ2n) is 6.37. The molecule has 1 aliphatic carbocycles. The van der Waals surface area contributed by atoms with E-state index in [9.17, 15) is 22.8 Å². The summed E-state index contributed by atoms with van der Waals surface area (Å²) in [7, 11) is 0. The predicted octanol–water partition coefficient (Wildman–Crippen LogP) is 2.90.